The lowest BCUT2D eigenvalue weighted by Gasteiger charge is -2.03. The Morgan fingerprint density at radius 2 is 2.27 bits per heavy atom. The largest absolute Gasteiger partial charge is 0.359 e. The maximum Gasteiger partial charge on any atom is 0.220 e. The maximum atomic E-state index is 10.8. The quantitative estimate of drug-likeness (QED) is 0.615. The van der Waals surface area contributed by atoms with Crippen molar-refractivity contribution in [3.8, 4) is 0 Å². The Kier molecular flexibility index (Phi) is 5.53. The van der Waals surface area contributed by atoms with E-state index in [4.69, 9.17) is 0 Å². The molecule has 1 unspecified atom stereocenters. The van der Waals surface area contributed by atoms with Crippen molar-refractivity contribution in [1.82, 2.24) is 5.32 Å². The van der Waals surface area contributed by atoms with Gasteiger partial charge in [0.15, 0.2) is 0 Å². The summed E-state index contributed by atoms with van der Waals surface area (Å²) in [5.74, 6) is 0.466. The van der Waals surface area contributed by atoms with Gasteiger partial charge >= 0.3 is 0 Å². The number of carbonyl (C=O) groups excluding carboxylic acids is 1. The molecule has 0 aromatic carbocycles. The molecule has 0 saturated heterocycles. The van der Waals surface area contributed by atoms with E-state index < -0.39 is 0 Å². The Labute approximate surface area is 68.7 Å². The van der Waals surface area contributed by atoms with E-state index in [-0.39, 0.29) is 5.91 Å². The third kappa shape index (κ3) is 5.64. The van der Waals surface area contributed by atoms with Gasteiger partial charge in [-0.3, -0.25) is 4.79 Å². The highest BCUT2D eigenvalue weighted by molar-refractivity contribution is 5.75. The molecule has 0 aliphatic heterocycles. The summed E-state index contributed by atoms with van der Waals surface area (Å²) in [6, 6.07) is 0. The molecule has 0 fully saturated rings. The number of hydrogen-bond donors (Lipinski definition) is 1. The average molecular weight is 155 g/mol. The summed E-state index contributed by atoms with van der Waals surface area (Å²) in [5, 5.41) is 2.60. The zero-order valence-corrected chi connectivity index (χ0v) is 7.55. The molecule has 0 bridgehead atoms. The number of carbonyl (C=O) groups is 1. The molecule has 0 aliphatic carbocycles. The lowest BCUT2D eigenvalue weighted by Crippen LogP contribution is -2.19. The maximum absolute atomic E-state index is 10.8. The standard InChI is InChI=1S/C9H17NO/c1-4-5-6-8(2)7-9(11)10-3/h5-6,8H,4,7H2,1-3H3,(H,10,11). The molecule has 0 saturated carbocycles. The molecule has 0 spiro atoms. The van der Waals surface area contributed by atoms with Gasteiger partial charge in [-0.05, 0) is 12.3 Å². The van der Waals surface area contributed by atoms with E-state index in [1.54, 1.807) is 7.05 Å². The molecule has 0 aromatic heterocycles. The van der Waals surface area contributed by atoms with Crippen LogP contribution in [0.1, 0.15) is 26.7 Å². The summed E-state index contributed by atoms with van der Waals surface area (Å²) < 4.78 is 0. The second-order valence-electron chi connectivity index (χ2n) is 2.69. The lowest BCUT2D eigenvalue weighted by atomic mass is 10.1. The lowest BCUT2D eigenvalue weighted by molar-refractivity contribution is -0.121. The van der Waals surface area contributed by atoms with Gasteiger partial charge in [-0.25, -0.2) is 0 Å². The number of nitrogens with one attached hydrogen (secondary N) is 1. The zero-order chi connectivity index (χ0) is 8.69. The van der Waals surface area contributed by atoms with Crippen LogP contribution in [-0.4, -0.2) is 13.0 Å². The van der Waals surface area contributed by atoms with E-state index in [0.29, 0.717) is 12.3 Å². The van der Waals surface area contributed by atoms with E-state index in [0.717, 1.165) is 6.42 Å². The van der Waals surface area contributed by atoms with Gasteiger partial charge in [0.2, 0.25) is 5.91 Å². The van der Waals surface area contributed by atoms with Crippen LogP contribution < -0.4 is 5.32 Å². The first kappa shape index (κ1) is 10.2. The molecule has 64 valence electrons. The van der Waals surface area contributed by atoms with Crippen molar-refractivity contribution in [2.75, 3.05) is 7.05 Å². The van der Waals surface area contributed by atoms with Crippen LogP contribution in [0.3, 0.4) is 0 Å². The van der Waals surface area contributed by atoms with Crippen LogP contribution in [0.25, 0.3) is 0 Å². The topological polar surface area (TPSA) is 29.1 Å². The molecule has 1 amide bonds. The van der Waals surface area contributed by atoms with Crippen LogP contribution in [0.4, 0.5) is 0 Å². The smallest absolute Gasteiger partial charge is 0.220 e. The molecule has 0 rings (SSSR count). The highest BCUT2D eigenvalue weighted by Crippen LogP contribution is 2.03. The van der Waals surface area contributed by atoms with Crippen molar-refractivity contribution in [2.24, 2.45) is 5.92 Å². The summed E-state index contributed by atoms with van der Waals surface area (Å²) in [7, 11) is 1.67. The van der Waals surface area contributed by atoms with Crippen molar-refractivity contribution in [2.45, 2.75) is 26.7 Å². The van der Waals surface area contributed by atoms with Gasteiger partial charge in [0.1, 0.15) is 0 Å². The molecular weight excluding hydrogens is 138 g/mol. The molecular formula is C9H17NO. The highest BCUT2D eigenvalue weighted by Gasteiger charge is 2.02. The van der Waals surface area contributed by atoms with E-state index in [2.05, 4.69) is 24.4 Å². The van der Waals surface area contributed by atoms with Crippen LogP contribution in [0.5, 0.6) is 0 Å². The monoisotopic (exact) mass is 155 g/mol. The first-order valence-corrected chi connectivity index (χ1v) is 4.08. The van der Waals surface area contributed by atoms with E-state index in [1.165, 1.54) is 0 Å². The number of amides is 1. The Morgan fingerprint density at radius 1 is 1.64 bits per heavy atom. The third-order valence-electron chi connectivity index (χ3n) is 1.49. The minimum Gasteiger partial charge on any atom is -0.359 e. The van der Waals surface area contributed by atoms with Crippen molar-refractivity contribution in [1.29, 1.82) is 0 Å². The van der Waals surface area contributed by atoms with Crippen molar-refractivity contribution in [3.63, 3.8) is 0 Å². The summed E-state index contributed by atoms with van der Waals surface area (Å²) in [5.41, 5.74) is 0. The van der Waals surface area contributed by atoms with Gasteiger partial charge in [-0.2, -0.15) is 0 Å². The SMILES string of the molecule is CCC=CC(C)CC(=O)NC. The van der Waals surface area contributed by atoms with Gasteiger partial charge in [0, 0.05) is 13.5 Å². The van der Waals surface area contributed by atoms with Crippen molar-refractivity contribution >= 4 is 5.91 Å². The minimum atomic E-state index is 0.109. The van der Waals surface area contributed by atoms with E-state index >= 15 is 0 Å². The summed E-state index contributed by atoms with van der Waals surface area (Å²) >= 11 is 0. The van der Waals surface area contributed by atoms with Gasteiger partial charge in [0.25, 0.3) is 0 Å². The molecule has 0 aliphatic rings. The van der Waals surface area contributed by atoms with Crippen molar-refractivity contribution < 1.29 is 4.79 Å². The number of hydrogen-bond acceptors (Lipinski definition) is 1. The fourth-order valence-electron chi connectivity index (χ4n) is 0.831. The summed E-state index contributed by atoms with van der Waals surface area (Å²) in [6.07, 6.45) is 5.80. The van der Waals surface area contributed by atoms with E-state index in [1.807, 2.05) is 6.92 Å². The third-order valence-corrected chi connectivity index (χ3v) is 1.49. The molecule has 0 radical (unpaired) electrons. The first-order chi connectivity index (χ1) is 5.20. The molecule has 2 nitrogen and oxygen atoms in total. The predicted octanol–water partition coefficient (Wildman–Crippen LogP) is 1.72. The molecule has 2 heteroatoms. The fourth-order valence-corrected chi connectivity index (χ4v) is 0.831. The second-order valence-corrected chi connectivity index (χ2v) is 2.69. The first-order valence-electron chi connectivity index (χ1n) is 4.08. The zero-order valence-electron chi connectivity index (χ0n) is 7.55. The Morgan fingerprint density at radius 3 is 2.73 bits per heavy atom. The van der Waals surface area contributed by atoms with Crippen LogP contribution in [0.15, 0.2) is 12.2 Å². The average Bonchev–Trinajstić information content (AvgIpc) is 2.00. The Bertz CT molecular complexity index is 140. The summed E-state index contributed by atoms with van der Waals surface area (Å²) in [6.45, 7) is 4.13. The van der Waals surface area contributed by atoms with Crippen LogP contribution >= 0.6 is 0 Å². The van der Waals surface area contributed by atoms with Gasteiger partial charge < -0.3 is 5.32 Å². The van der Waals surface area contributed by atoms with Gasteiger partial charge in [-0.1, -0.05) is 26.0 Å². The highest BCUT2D eigenvalue weighted by atomic mass is 16.1. The van der Waals surface area contributed by atoms with Crippen LogP contribution in [-0.2, 0) is 4.79 Å². The minimum absolute atomic E-state index is 0.109. The molecule has 0 heterocycles. The Balaban J connectivity index is 3.59. The number of allylic oxidation sites excluding steroid dienone is 2. The fraction of sp³-hybridized carbons (Fsp3) is 0.667. The Hall–Kier alpha value is -0.790. The molecule has 1 N–H and O–H groups in total. The van der Waals surface area contributed by atoms with Crippen molar-refractivity contribution in [3.05, 3.63) is 12.2 Å². The number of rotatable bonds is 4. The molecule has 1 atom stereocenters. The predicted molar refractivity (Wildman–Crippen MR) is 47.3 cm³/mol. The van der Waals surface area contributed by atoms with E-state index in [9.17, 15) is 4.79 Å². The van der Waals surface area contributed by atoms with Gasteiger partial charge in [-0.15, -0.1) is 0 Å². The molecule has 11 heavy (non-hydrogen) atoms. The summed E-state index contributed by atoms with van der Waals surface area (Å²) in [4.78, 5) is 10.8. The normalized spacial score (nSPS) is 13.4. The van der Waals surface area contributed by atoms with Crippen LogP contribution in [0, 0.1) is 5.92 Å². The van der Waals surface area contributed by atoms with Crippen LogP contribution in [0.2, 0.25) is 0 Å². The molecule has 0 aromatic rings. The second kappa shape index (κ2) is 5.96. The van der Waals surface area contributed by atoms with Gasteiger partial charge in [0.05, 0.1) is 0 Å².